The molecule has 15 heteroatoms. The highest BCUT2D eigenvalue weighted by atomic mass is 32.1. The maximum Gasteiger partial charge on any atom is 0.459 e. The first-order valence-electron chi connectivity index (χ1n) is 11.3. The van der Waals surface area contributed by atoms with Crippen molar-refractivity contribution in [2.75, 3.05) is 19.0 Å². The molecule has 0 spiro atoms. The second-order valence-electron chi connectivity index (χ2n) is 8.67. The van der Waals surface area contributed by atoms with Gasteiger partial charge in [0.25, 0.3) is 0 Å². The number of anilines is 1. The van der Waals surface area contributed by atoms with Crippen molar-refractivity contribution < 1.29 is 42.5 Å². The molecule has 37 heavy (non-hydrogen) atoms. The molecule has 1 saturated heterocycles. The monoisotopic (exact) mass is 560 g/mol. The fourth-order valence-electron chi connectivity index (χ4n) is 3.52. The van der Waals surface area contributed by atoms with Gasteiger partial charge < -0.3 is 29.9 Å². The fraction of sp³-hybridized carbons (Fsp3) is 0.500. The Labute approximate surface area is 218 Å². The van der Waals surface area contributed by atoms with Crippen LogP contribution >= 0.6 is 20.0 Å². The van der Waals surface area contributed by atoms with Crippen molar-refractivity contribution in [1.29, 1.82) is 0 Å². The number of nitrogens with one attached hydrogen (secondary N) is 1. The van der Waals surface area contributed by atoms with Gasteiger partial charge in [-0.25, -0.2) is 13.9 Å². The van der Waals surface area contributed by atoms with Gasteiger partial charge in [0.15, 0.2) is 11.8 Å². The van der Waals surface area contributed by atoms with Crippen LogP contribution in [-0.4, -0.2) is 69.0 Å². The van der Waals surface area contributed by atoms with Crippen molar-refractivity contribution >= 4 is 31.8 Å². The molecule has 1 aliphatic rings. The van der Waals surface area contributed by atoms with Crippen LogP contribution in [0.2, 0.25) is 0 Å². The summed E-state index contributed by atoms with van der Waals surface area (Å²) in [5, 5.41) is 24.1. The van der Waals surface area contributed by atoms with Crippen LogP contribution in [-0.2, 0) is 23.4 Å². The Morgan fingerprint density at radius 3 is 2.62 bits per heavy atom. The van der Waals surface area contributed by atoms with Crippen molar-refractivity contribution in [3.63, 3.8) is 0 Å². The number of halogens is 1. The molecule has 0 saturated carbocycles. The van der Waals surface area contributed by atoms with Gasteiger partial charge in [0.1, 0.15) is 36.5 Å². The zero-order valence-electron chi connectivity index (χ0n) is 20.4. The third kappa shape index (κ3) is 6.90. The number of rotatable bonds is 11. The highest BCUT2D eigenvalue weighted by Gasteiger charge is 2.57. The number of ether oxygens (including phenoxy) is 2. The molecular formula is C22H30FN4O8PS. The maximum atomic E-state index is 14.0. The zero-order valence-corrected chi connectivity index (χ0v) is 22.1. The lowest BCUT2D eigenvalue weighted by atomic mass is 9.95. The number of benzene rings is 1. The lowest BCUT2D eigenvalue weighted by molar-refractivity contribution is -0.149. The van der Waals surface area contributed by atoms with E-state index >= 15 is 0 Å². The normalized spacial score (nSPS) is 26.0. The standard InChI is InChI=1S/C22H30FN4O8PS/c1-13(2)33-19(29)14(3)26-36(31,35-15-7-5-4-6-8-15)32-11-16-18(28)22(30,12-23)20(34-16)27-10-9-17(24)25-21(27)37/h4-10,13-14,16,18,20,28,30H,11-12H2,1-3H3,(H,26,31)(H2,24,25,37)/t14-,16+,18?,20+,22+,36?/m0/s1. The second kappa shape index (κ2) is 11.9. The summed E-state index contributed by atoms with van der Waals surface area (Å²) in [6, 6.07) is 8.27. The number of carbonyl (C=O) groups is 1. The predicted octanol–water partition coefficient (Wildman–Crippen LogP) is 2.29. The van der Waals surface area contributed by atoms with Crippen LogP contribution in [0.1, 0.15) is 27.0 Å². The summed E-state index contributed by atoms with van der Waals surface area (Å²) in [5.41, 5.74) is 3.17. The van der Waals surface area contributed by atoms with Crippen molar-refractivity contribution in [1.82, 2.24) is 14.6 Å². The molecule has 0 bridgehead atoms. The van der Waals surface area contributed by atoms with E-state index < -0.39 is 63.2 Å². The summed E-state index contributed by atoms with van der Waals surface area (Å²) in [4.78, 5) is 16.2. The Morgan fingerprint density at radius 2 is 2.03 bits per heavy atom. The number of aliphatic hydroxyl groups excluding tert-OH is 1. The van der Waals surface area contributed by atoms with Crippen molar-refractivity contribution in [2.45, 2.75) is 57.0 Å². The minimum Gasteiger partial charge on any atom is -0.462 e. The van der Waals surface area contributed by atoms with E-state index in [2.05, 4.69) is 10.1 Å². The molecule has 0 amide bonds. The van der Waals surface area contributed by atoms with E-state index in [0.717, 1.165) is 4.57 Å². The largest absolute Gasteiger partial charge is 0.462 e. The molecule has 1 aliphatic heterocycles. The Balaban J connectivity index is 1.82. The summed E-state index contributed by atoms with van der Waals surface area (Å²) >= 11 is 5.13. The summed E-state index contributed by atoms with van der Waals surface area (Å²) in [5.74, 6) is -0.448. The third-order valence-electron chi connectivity index (χ3n) is 5.35. The second-order valence-corrected chi connectivity index (χ2v) is 10.7. The zero-order chi connectivity index (χ0) is 27.4. The number of para-hydroxylation sites is 1. The van der Waals surface area contributed by atoms with E-state index in [1.54, 1.807) is 32.0 Å². The summed E-state index contributed by atoms with van der Waals surface area (Å²) in [6.07, 6.45) is -3.78. The first-order chi connectivity index (χ1) is 17.4. The maximum absolute atomic E-state index is 14.0. The summed E-state index contributed by atoms with van der Waals surface area (Å²) < 4.78 is 50.5. The van der Waals surface area contributed by atoms with Gasteiger partial charge >= 0.3 is 13.7 Å². The van der Waals surface area contributed by atoms with E-state index in [-0.39, 0.29) is 16.3 Å². The van der Waals surface area contributed by atoms with Gasteiger partial charge in [-0.1, -0.05) is 18.2 Å². The lowest BCUT2D eigenvalue weighted by Crippen LogP contribution is -2.49. The smallest absolute Gasteiger partial charge is 0.459 e. The van der Waals surface area contributed by atoms with E-state index in [4.69, 9.17) is 36.5 Å². The molecule has 1 aromatic heterocycles. The Bertz CT molecular complexity index is 1190. The van der Waals surface area contributed by atoms with Gasteiger partial charge in [0.05, 0.1) is 12.7 Å². The topological polar surface area (TPSA) is 167 Å². The van der Waals surface area contributed by atoms with Crippen LogP contribution in [0.15, 0.2) is 42.6 Å². The molecule has 2 aromatic rings. The van der Waals surface area contributed by atoms with E-state index in [1.807, 2.05) is 0 Å². The van der Waals surface area contributed by atoms with Crippen molar-refractivity contribution in [3.8, 4) is 5.75 Å². The molecule has 0 radical (unpaired) electrons. The third-order valence-corrected chi connectivity index (χ3v) is 7.29. The molecule has 3 rings (SSSR count). The SMILES string of the molecule is CC(C)OC(=O)[C@H](C)NP(=O)(OC[C@H]1O[C@@H](n2ccc(N)nc2=S)[C@@](O)(CF)C1O)Oc1ccccc1. The Morgan fingerprint density at radius 1 is 1.35 bits per heavy atom. The number of nitrogen functional groups attached to an aromatic ring is 1. The number of carbonyl (C=O) groups excluding carboxylic acids is 1. The number of nitrogens with zero attached hydrogens (tertiary/aromatic N) is 2. The molecule has 0 aliphatic carbocycles. The Hall–Kier alpha value is -2.45. The highest BCUT2D eigenvalue weighted by Crippen LogP contribution is 2.47. The van der Waals surface area contributed by atoms with Crippen LogP contribution in [0.5, 0.6) is 5.75 Å². The quantitative estimate of drug-likeness (QED) is 0.180. The van der Waals surface area contributed by atoms with E-state index in [0.29, 0.717) is 0 Å². The van der Waals surface area contributed by atoms with Crippen LogP contribution < -0.4 is 15.3 Å². The van der Waals surface area contributed by atoms with E-state index in [9.17, 15) is 24.0 Å². The Kier molecular flexibility index (Phi) is 9.40. The van der Waals surface area contributed by atoms with Gasteiger partial charge in [-0.05, 0) is 51.2 Å². The number of esters is 1. The number of hydrogen-bond donors (Lipinski definition) is 4. The van der Waals surface area contributed by atoms with Gasteiger partial charge in [0, 0.05) is 6.20 Å². The summed E-state index contributed by atoms with van der Waals surface area (Å²) in [7, 11) is -4.31. The number of aliphatic hydroxyl groups is 2. The van der Waals surface area contributed by atoms with Crippen molar-refractivity contribution in [2.24, 2.45) is 0 Å². The molecule has 204 valence electrons. The first kappa shape index (κ1) is 29.1. The minimum absolute atomic E-state index is 0.0960. The number of alkyl halides is 1. The van der Waals surface area contributed by atoms with Crippen LogP contribution in [0.25, 0.3) is 0 Å². The number of aromatic nitrogens is 2. The average Bonchev–Trinajstić information content (AvgIpc) is 3.08. The molecule has 6 atom stereocenters. The van der Waals surface area contributed by atoms with Crippen LogP contribution in [0.4, 0.5) is 10.2 Å². The average molecular weight is 561 g/mol. The van der Waals surface area contributed by atoms with Crippen LogP contribution in [0.3, 0.4) is 0 Å². The minimum atomic E-state index is -4.31. The predicted molar refractivity (Wildman–Crippen MR) is 133 cm³/mol. The van der Waals surface area contributed by atoms with Gasteiger partial charge in [0.2, 0.25) is 4.77 Å². The molecule has 12 nitrogen and oxygen atoms in total. The molecular weight excluding hydrogens is 530 g/mol. The highest BCUT2D eigenvalue weighted by molar-refractivity contribution is 7.71. The van der Waals surface area contributed by atoms with Crippen LogP contribution in [0, 0.1) is 4.77 Å². The number of nitrogens with two attached hydrogens (primary N) is 1. The molecule has 1 aromatic carbocycles. The van der Waals surface area contributed by atoms with Gasteiger partial charge in [-0.3, -0.25) is 13.9 Å². The first-order valence-corrected chi connectivity index (χ1v) is 13.3. The van der Waals surface area contributed by atoms with E-state index in [1.165, 1.54) is 31.3 Å². The summed E-state index contributed by atoms with van der Waals surface area (Å²) in [6.45, 7) is 2.69. The van der Waals surface area contributed by atoms with Crippen molar-refractivity contribution in [3.05, 3.63) is 47.4 Å². The number of hydrogen-bond acceptors (Lipinski definition) is 11. The molecule has 2 unspecified atom stereocenters. The lowest BCUT2D eigenvalue weighted by Gasteiger charge is -2.29. The van der Waals surface area contributed by atoms with Gasteiger partial charge in [-0.2, -0.15) is 5.09 Å². The fourth-order valence-corrected chi connectivity index (χ4v) is 5.28. The molecule has 1 fully saturated rings. The molecule has 2 heterocycles. The molecule has 5 N–H and O–H groups in total. The van der Waals surface area contributed by atoms with Gasteiger partial charge in [-0.15, -0.1) is 0 Å².